The predicted octanol–water partition coefficient (Wildman–Crippen LogP) is 1.26. The first-order valence-corrected chi connectivity index (χ1v) is 7.50. The van der Waals surface area contributed by atoms with Gasteiger partial charge in [0.25, 0.3) is 0 Å². The molecular formula is C15H23N5O3. The molecule has 2 rings (SSSR count). The Hall–Kier alpha value is -2.35. The van der Waals surface area contributed by atoms with Gasteiger partial charge in [0, 0.05) is 30.1 Å². The third kappa shape index (κ3) is 5.41. The number of amides is 1. The van der Waals surface area contributed by atoms with Gasteiger partial charge in [-0.25, -0.2) is 4.79 Å². The molecule has 0 atom stereocenters. The number of alkyl carbamates (subject to hydrolysis) is 1. The van der Waals surface area contributed by atoms with Crippen LogP contribution in [0.3, 0.4) is 0 Å². The van der Waals surface area contributed by atoms with Crippen molar-refractivity contribution >= 4 is 6.09 Å². The molecule has 0 aliphatic heterocycles. The molecule has 0 aromatic carbocycles. The van der Waals surface area contributed by atoms with E-state index in [0.29, 0.717) is 19.6 Å². The van der Waals surface area contributed by atoms with Crippen molar-refractivity contribution in [2.75, 3.05) is 13.2 Å². The van der Waals surface area contributed by atoms with Gasteiger partial charge in [0.15, 0.2) is 0 Å². The van der Waals surface area contributed by atoms with Crippen molar-refractivity contribution in [2.45, 2.75) is 39.5 Å². The van der Waals surface area contributed by atoms with Gasteiger partial charge in [-0.3, -0.25) is 9.36 Å². The molecule has 0 unspecified atom stereocenters. The van der Waals surface area contributed by atoms with Crippen molar-refractivity contribution in [1.29, 1.82) is 0 Å². The number of carbonyl (C=O) groups excluding carboxylic acids is 1. The molecule has 8 heteroatoms. The second-order valence-electron chi connectivity index (χ2n) is 6.14. The summed E-state index contributed by atoms with van der Waals surface area (Å²) in [7, 11) is 0. The van der Waals surface area contributed by atoms with Crippen molar-refractivity contribution in [2.24, 2.45) is 0 Å². The van der Waals surface area contributed by atoms with Crippen LogP contribution in [0.4, 0.5) is 4.79 Å². The minimum Gasteiger partial charge on any atom is -0.444 e. The number of aliphatic hydroxyl groups excluding tert-OH is 1. The number of ether oxygens (including phenoxy) is 1. The molecule has 2 aromatic rings. The van der Waals surface area contributed by atoms with E-state index in [2.05, 4.69) is 15.5 Å². The Morgan fingerprint density at radius 3 is 2.26 bits per heavy atom. The molecular weight excluding hydrogens is 298 g/mol. The van der Waals surface area contributed by atoms with Crippen molar-refractivity contribution < 1.29 is 14.6 Å². The average Bonchev–Trinajstić information content (AvgIpc) is 3.06. The molecule has 2 N–H and O–H groups in total. The molecule has 0 saturated heterocycles. The lowest BCUT2D eigenvalue weighted by Crippen LogP contribution is -2.34. The molecule has 1 amide bonds. The molecule has 0 fully saturated rings. The zero-order valence-corrected chi connectivity index (χ0v) is 13.7. The van der Waals surface area contributed by atoms with E-state index in [0.717, 1.165) is 11.1 Å². The third-order valence-corrected chi connectivity index (χ3v) is 2.94. The van der Waals surface area contributed by atoms with Crippen molar-refractivity contribution in [3.05, 3.63) is 24.8 Å². The SMILES string of the molecule is CC(C)(C)OC(=O)NCCn1cc(-c2cnn(CCO)c2)cn1. The zero-order valence-electron chi connectivity index (χ0n) is 13.7. The Morgan fingerprint density at radius 2 is 1.74 bits per heavy atom. The van der Waals surface area contributed by atoms with Crippen LogP contribution in [0.15, 0.2) is 24.8 Å². The highest BCUT2D eigenvalue weighted by Gasteiger charge is 2.15. The standard InChI is InChI=1S/C15H23N5O3/c1-15(2,3)23-14(22)16-4-5-19-10-12(8-17-19)13-9-18-20(11-13)6-7-21/h8-11,21H,4-7H2,1-3H3,(H,16,22). The van der Waals surface area contributed by atoms with Crippen LogP contribution in [0, 0.1) is 0 Å². The summed E-state index contributed by atoms with van der Waals surface area (Å²) in [6.45, 7) is 6.96. The maximum atomic E-state index is 11.5. The second kappa shape index (κ2) is 7.28. The monoisotopic (exact) mass is 321 g/mol. The van der Waals surface area contributed by atoms with E-state index in [1.165, 1.54) is 0 Å². The summed E-state index contributed by atoms with van der Waals surface area (Å²) in [5, 5.41) is 20.0. The number of aromatic nitrogens is 4. The predicted molar refractivity (Wildman–Crippen MR) is 84.8 cm³/mol. The first-order valence-electron chi connectivity index (χ1n) is 7.50. The zero-order chi connectivity index (χ0) is 16.9. The van der Waals surface area contributed by atoms with Crippen LogP contribution in [0.1, 0.15) is 20.8 Å². The molecule has 0 bridgehead atoms. The Morgan fingerprint density at radius 1 is 1.17 bits per heavy atom. The van der Waals surface area contributed by atoms with E-state index in [4.69, 9.17) is 9.84 Å². The van der Waals surface area contributed by atoms with E-state index in [1.807, 2.05) is 33.2 Å². The normalized spacial score (nSPS) is 11.5. The molecule has 126 valence electrons. The van der Waals surface area contributed by atoms with Gasteiger partial charge in [-0.1, -0.05) is 0 Å². The topological polar surface area (TPSA) is 94.2 Å². The number of rotatable bonds is 6. The maximum Gasteiger partial charge on any atom is 0.407 e. The van der Waals surface area contributed by atoms with Crippen LogP contribution >= 0.6 is 0 Å². The first-order chi connectivity index (χ1) is 10.9. The summed E-state index contributed by atoms with van der Waals surface area (Å²) in [4.78, 5) is 11.5. The Bertz CT molecular complexity index is 642. The van der Waals surface area contributed by atoms with Crippen LogP contribution in [-0.4, -0.2) is 49.5 Å². The lowest BCUT2D eigenvalue weighted by atomic mass is 10.2. The fourth-order valence-electron chi connectivity index (χ4n) is 1.96. The van der Waals surface area contributed by atoms with E-state index < -0.39 is 11.7 Å². The van der Waals surface area contributed by atoms with Gasteiger partial charge in [0.05, 0.1) is 32.1 Å². The minimum atomic E-state index is -0.502. The highest BCUT2D eigenvalue weighted by atomic mass is 16.6. The fourth-order valence-corrected chi connectivity index (χ4v) is 1.96. The van der Waals surface area contributed by atoms with Gasteiger partial charge in [0.2, 0.25) is 0 Å². The summed E-state index contributed by atoms with van der Waals surface area (Å²) in [6, 6.07) is 0. The number of aliphatic hydroxyl groups is 1. The number of nitrogens with one attached hydrogen (secondary N) is 1. The van der Waals surface area contributed by atoms with Gasteiger partial charge in [-0.2, -0.15) is 10.2 Å². The van der Waals surface area contributed by atoms with Crippen molar-refractivity contribution in [1.82, 2.24) is 24.9 Å². The van der Waals surface area contributed by atoms with E-state index in [1.54, 1.807) is 21.8 Å². The van der Waals surface area contributed by atoms with Crippen LogP contribution in [0.2, 0.25) is 0 Å². The average molecular weight is 321 g/mol. The van der Waals surface area contributed by atoms with E-state index in [9.17, 15) is 4.79 Å². The lowest BCUT2D eigenvalue weighted by molar-refractivity contribution is 0.0525. The van der Waals surface area contributed by atoms with Crippen molar-refractivity contribution in [3.8, 4) is 11.1 Å². The molecule has 23 heavy (non-hydrogen) atoms. The van der Waals surface area contributed by atoms with Crippen molar-refractivity contribution in [3.63, 3.8) is 0 Å². The van der Waals surface area contributed by atoms with Gasteiger partial charge in [0.1, 0.15) is 5.60 Å². The summed E-state index contributed by atoms with van der Waals surface area (Å²) >= 11 is 0. The van der Waals surface area contributed by atoms with Crippen LogP contribution < -0.4 is 5.32 Å². The molecule has 8 nitrogen and oxygen atoms in total. The van der Waals surface area contributed by atoms with Gasteiger partial charge >= 0.3 is 6.09 Å². The maximum absolute atomic E-state index is 11.5. The number of carbonyl (C=O) groups is 1. The highest BCUT2D eigenvalue weighted by Crippen LogP contribution is 2.17. The molecule has 2 aromatic heterocycles. The number of hydrogen-bond donors (Lipinski definition) is 2. The molecule has 0 aliphatic carbocycles. The number of nitrogens with zero attached hydrogens (tertiary/aromatic N) is 4. The lowest BCUT2D eigenvalue weighted by Gasteiger charge is -2.19. The van der Waals surface area contributed by atoms with Crippen LogP contribution in [0.25, 0.3) is 11.1 Å². The van der Waals surface area contributed by atoms with Crippen LogP contribution in [-0.2, 0) is 17.8 Å². The largest absolute Gasteiger partial charge is 0.444 e. The summed E-state index contributed by atoms with van der Waals surface area (Å²) in [5.74, 6) is 0. The first kappa shape index (κ1) is 17.0. The molecule has 0 spiro atoms. The highest BCUT2D eigenvalue weighted by molar-refractivity contribution is 5.67. The quantitative estimate of drug-likeness (QED) is 0.835. The van der Waals surface area contributed by atoms with Crippen LogP contribution in [0.5, 0.6) is 0 Å². The summed E-state index contributed by atoms with van der Waals surface area (Å²) in [5.41, 5.74) is 1.37. The fraction of sp³-hybridized carbons (Fsp3) is 0.533. The number of hydrogen-bond acceptors (Lipinski definition) is 5. The minimum absolute atomic E-state index is 0.0523. The summed E-state index contributed by atoms with van der Waals surface area (Å²) < 4.78 is 8.59. The smallest absolute Gasteiger partial charge is 0.407 e. The Balaban J connectivity index is 1.84. The molecule has 2 heterocycles. The summed E-state index contributed by atoms with van der Waals surface area (Å²) in [6.07, 6.45) is 6.78. The Labute approximate surface area is 135 Å². The van der Waals surface area contributed by atoms with Gasteiger partial charge < -0.3 is 15.2 Å². The third-order valence-electron chi connectivity index (χ3n) is 2.94. The van der Waals surface area contributed by atoms with Gasteiger partial charge in [-0.15, -0.1) is 0 Å². The van der Waals surface area contributed by atoms with Gasteiger partial charge in [-0.05, 0) is 20.8 Å². The molecule has 0 aliphatic rings. The Kier molecular flexibility index (Phi) is 5.38. The van der Waals surface area contributed by atoms with E-state index in [-0.39, 0.29) is 6.61 Å². The molecule has 0 saturated carbocycles. The second-order valence-corrected chi connectivity index (χ2v) is 6.14. The van der Waals surface area contributed by atoms with E-state index >= 15 is 0 Å². The molecule has 0 radical (unpaired) electrons.